The van der Waals surface area contributed by atoms with Gasteiger partial charge >= 0.3 is 4.87 Å². The number of thiazole rings is 1. The molecule has 0 atom stereocenters. The average molecular weight is 302 g/mol. The van der Waals surface area contributed by atoms with Gasteiger partial charge in [-0.1, -0.05) is 29.0 Å². The first-order valence-corrected chi connectivity index (χ1v) is 7.99. The molecule has 21 heavy (non-hydrogen) atoms. The van der Waals surface area contributed by atoms with E-state index in [9.17, 15) is 9.59 Å². The van der Waals surface area contributed by atoms with Crippen molar-refractivity contribution in [1.29, 1.82) is 0 Å². The van der Waals surface area contributed by atoms with Gasteiger partial charge in [0, 0.05) is 23.3 Å². The molecule has 0 saturated heterocycles. The molecule has 0 saturated carbocycles. The third-order valence-corrected chi connectivity index (χ3v) is 4.81. The smallest absolute Gasteiger partial charge is 0.307 e. The number of carbonyl (C=O) groups excluding carboxylic acids is 1. The number of amides is 1. The monoisotopic (exact) mass is 302 g/mol. The van der Waals surface area contributed by atoms with Gasteiger partial charge in [0.2, 0.25) is 5.91 Å². The molecule has 4 nitrogen and oxygen atoms in total. The van der Waals surface area contributed by atoms with Crippen molar-refractivity contribution in [2.24, 2.45) is 0 Å². The number of aromatic nitrogens is 1. The molecule has 0 radical (unpaired) electrons. The minimum atomic E-state index is -0.0676. The zero-order valence-corrected chi connectivity index (χ0v) is 13.1. The number of carbonyl (C=O) groups is 1. The van der Waals surface area contributed by atoms with Crippen molar-refractivity contribution in [3.05, 3.63) is 50.1 Å². The molecule has 1 aromatic heterocycles. The Hall–Kier alpha value is -1.88. The molecule has 1 amide bonds. The van der Waals surface area contributed by atoms with Crippen LogP contribution < -0.4 is 9.77 Å². The molecule has 0 bridgehead atoms. The maximum Gasteiger partial charge on any atom is 0.307 e. The second-order valence-corrected chi connectivity index (χ2v) is 6.33. The van der Waals surface area contributed by atoms with Crippen LogP contribution in [0.25, 0.3) is 0 Å². The highest BCUT2D eigenvalue weighted by Crippen LogP contribution is 2.28. The van der Waals surface area contributed by atoms with E-state index in [1.807, 2.05) is 24.0 Å². The summed E-state index contributed by atoms with van der Waals surface area (Å²) in [5.74, 6) is -0.0107. The van der Waals surface area contributed by atoms with Gasteiger partial charge in [0.05, 0.1) is 0 Å². The highest BCUT2D eigenvalue weighted by Gasteiger charge is 2.23. The van der Waals surface area contributed by atoms with Gasteiger partial charge in [0.15, 0.2) is 0 Å². The van der Waals surface area contributed by atoms with Gasteiger partial charge in [0.1, 0.15) is 6.54 Å². The topological polar surface area (TPSA) is 42.3 Å². The van der Waals surface area contributed by atoms with Crippen LogP contribution in [0.1, 0.15) is 23.2 Å². The van der Waals surface area contributed by atoms with E-state index in [4.69, 9.17) is 0 Å². The van der Waals surface area contributed by atoms with Gasteiger partial charge in [-0.2, -0.15) is 0 Å². The Morgan fingerprint density at radius 3 is 2.86 bits per heavy atom. The van der Waals surface area contributed by atoms with Crippen LogP contribution >= 0.6 is 11.3 Å². The highest BCUT2D eigenvalue weighted by atomic mass is 32.1. The summed E-state index contributed by atoms with van der Waals surface area (Å²) < 4.78 is 1.55. The van der Waals surface area contributed by atoms with E-state index in [1.165, 1.54) is 11.1 Å². The zero-order valence-electron chi connectivity index (χ0n) is 12.3. The Balaban J connectivity index is 1.89. The van der Waals surface area contributed by atoms with Gasteiger partial charge in [-0.15, -0.1) is 0 Å². The van der Waals surface area contributed by atoms with Gasteiger partial charge in [0.25, 0.3) is 0 Å². The van der Waals surface area contributed by atoms with Crippen molar-refractivity contribution in [2.45, 2.75) is 33.2 Å². The van der Waals surface area contributed by atoms with Crippen LogP contribution in [-0.2, 0) is 17.8 Å². The van der Waals surface area contributed by atoms with E-state index in [0.29, 0.717) is 0 Å². The molecular weight excluding hydrogens is 284 g/mol. The lowest BCUT2D eigenvalue weighted by atomic mass is 9.99. The first-order chi connectivity index (χ1) is 10.1. The summed E-state index contributed by atoms with van der Waals surface area (Å²) in [5.41, 5.74) is 4.29. The number of hydrogen-bond donors (Lipinski definition) is 0. The molecule has 0 fully saturated rings. The van der Waals surface area contributed by atoms with E-state index < -0.39 is 0 Å². The van der Waals surface area contributed by atoms with E-state index >= 15 is 0 Å². The Kier molecular flexibility index (Phi) is 3.68. The molecule has 0 spiro atoms. The van der Waals surface area contributed by atoms with Crippen molar-refractivity contribution in [1.82, 2.24) is 4.57 Å². The predicted molar refractivity (Wildman–Crippen MR) is 85.2 cm³/mol. The quantitative estimate of drug-likeness (QED) is 0.855. The maximum atomic E-state index is 12.6. The van der Waals surface area contributed by atoms with Crippen molar-refractivity contribution in [3.8, 4) is 0 Å². The van der Waals surface area contributed by atoms with Gasteiger partial charge in [-0.05, 0) is 38.3 Å². The van der Waals surface area contributed by atoms with Gasteiger partial charge in [-0.3, -0.25) is 14.2 Å². The summed E-state index contributed by atoms with van der Waals surface area (Å²) in [4.78, 5) is 26.1. The molecule has 0 unspecified atom stereocenters. The molecule has 0 aliphatic carbocycles. The summed E-state index contributed by atoms with van der Waals surface area (Å²) in [5, 5.41) is 1.79. The number of benzene rings is 1. The third-order valence-electron chi connectivity index (χ3n) is 3.92. The normalized spacial score (nSPS) is 14.1. The van der Waals surface area contributed by atoms with Crippen molar-refractivity contribution in [2.75, 3.05) is 11.4 Å². The lowest BCUT2D eigenvalue weighted by molar-refractivity contribution is -0.119. The first-order valence-electron chi connectivity index (χ1n) is 7.11. The Labute approximate surface area is 127 Å². The summed E-state index contributed by atoms with van der Waals surface area (Å²) in [6.45, 7) is 4.78. The van der Waals surface area contributed by atoms with Crippen LogP contribution in [0, 0.1) is 13.8 Å². The third kappa shape index (κ3) is 2.65. The van der Waals surface area contributed by atoms with Gasteiger partial charge < -0.3 is 4.90 Å². The molecule has 1 aliphatic heterocycles. The molecule has 1 aliphatic rings. The Morgan fingerprint density at radius 2 is 2.14 bits per heavy atom. The fraction of sp³-hybridized carbons (Fsp3) is 0.375. The summed E-state index contributed by atoms with van der Waals surface area (Å²) >= 11 is 1.14. The van der Waals surface area contributed by atoms with Crippen LogP contribution in [0.2, 0.25) is 0 Å². The summed E-state index contributed by atoms with van der Waals surface area (Å²) in [6.07, 6.45) is 1.98. The van der Waals surface area contributed by atoms with E-state index in [2.05, 4.69) is 13.0 Å². The summed E-state index contributed by atoms with van der Waals surface area (Å²) in [6, 6.07) is 6.20. The predicted octanol–water partition coefficient (Wildman–Crippen LogP) is 2.51. The minimum Gasteiger partial charge on any atom is -0.311 e. The Morgan fingerprint density at radius 1 is 1.33 bits per heavy atom. The fourth-order valence-corrected chi connectivity index (χ4v) is 3.54. The number of nitrogens with zero attached hydrogens (tertiary/aromatic N) is 2. The van der Waals surface area contributed by atoms with E-state index in [-0.39, 0.29) is 17.3 Å². The van der Waals surface area contributed by atoms with Crippen LogP contribution in [0.3, 0.4) is 0 Å². The molecule has 2 aromatic rings. The largest absolute Gasteiger partial charge is 0.311 e. The van der Waals surface area contributed by atoms with Crippen LogP contribution in [0.4, 0.5) is 5.69 Å². The average Bonchev–Trinajstić information content (AvgIpc) is 2.78. The second-order valence-electron chi connectivity index (χ2n) is 5.51. The zero-order chi connectivity index (χ0) is 15.0. The SMILES string of the molecule is Cc1ccc2c(c1)CCCN2C(=O)Cn1c(C)csc1=O. The molecule has 0 N–H and O–H groups in total. The van der Waals surface area contributed by atoms with Crippen molar-refractivity contribution >= 4 is 22.9 Å². The van der Waals surface area contributed by atoms with Gasteiger partial charge in [-0.25, -0.2) is 0 Å². The van der Waals surface area contributed by atoms with Crippen LogP contribution in [0.15, 0.2) is 28.4 Å². The number of fused-ring (bicyclic) bond motifs is 1. The molecule has 110 valence electrons. The molecular formula is C16H18N2O2S. The lowest BCUT2D eigenvalue weighted by Gasteiger charge is -2.30. The van der Waals surface area contributed by atoms with Crippen LogP contribution in [-0.4, -0.2) is 17.0 Å². The van der Waals surface area contributed by atoms with Crippen molar-refractivity contribution < 1.29 is 4.79 Å². The van der Waals surface area contributed by atoms with E-state index in [1.54, 1.807) is 9.95 Å². The minimum absolute atomic E-state index is 0.0107. The van der Waals surface area contributed by atoms with Crippen LogP contribution in [0.5, 0.6) is 0 Å². The molecule has 3 rings (SSSR count). The van der Waals surface area contributed by atoms with E-state index in [0.717, 1.165) is 42.1 Å². The number of hydrogen-bond acceptors (Lipinski definition) is 3. The molecule has 1 aromatic carbocycles. The fourth-order valence-electron chi connectivity index (χ4n) is 2.80. The first kappa shape index (κ1) is 14.1. The highest BCUT2D eigenvalue weighted by molar-refractivity contribution is 7.07. The standard InChI is InChI=1S/C16H18N2O2S/c1-11-5-6-14-13(8-11)4-3-7-17(14)15(19)9-18-12(2)10-21-16(18)20/h5-6,8,10H,3-4,7,9H2,1-2H3. The molecule has 2 heterocycles. The maximum absolute atomic E-state index is 12.6. The number of aryl methyl sites for hydroxylation is 3. The van der Waals surface area contributed by atoms with Crippen molar-refractivity contribution in [3.63, 3.8) is 0 Å². The Bertz CT molecular complexity index is 745. The lowest BCUT2D eigenvalue weighted by Crippen LogP contribution is -2.39. The second kappa shape index (κ2) is 5.48. The summed E-state index contributed by atoms with van der Waals surface area (Å²) in [7, 11) is 0. The molecule has 5 heteroatoms. The number of rotatable bonds is 2. The number of anilines is 1.